The zero-order chi connectivity index (χ0) is 16.1. The first-order chi connectivity index (χ1) is 11.3. The van der Waals surface area contributed by atoms with Crippen LogP contribution in [0, 0.1) is 0 Å². The molecule has 0 atom stereocenters. The van der Waals surface area contributed by atoms with E-state index in [1.54, 1.807) is 12.1 Å². The molecule has 0 radical (unpaired) electrons. The minimum absolute atomic E-state index is 0.0274. The number of aliphatic hydroxyl groups is 1. The molecule has 0 bridgehead atoms. The summed E-state index contributed by atoms with van der Waals surface area (Å²) in [6, 6.07) is 25.3. The Morgan fingerprint density at radius 2 is 1.26 bits per heavy atom. The molecule has 3 nitrogen and oxygen atoms in total. The van der Waals surface area contributed by atoms with E-state index in [0.717, 1.165) is 28.9 Å². The van der Waals surface area contributed by atoms with Crippen molar-refractivity contribution in [1.82, 2.24) is 0 Å². The van der Waals surface area contributed by atoms with Gasteiger partial charge < -0.3 is 10.0 Å². The van der Waals surface area contributed by atoms with Crippen molar-refractivity contribution in [3.8, 4) is 0 Å². The highest BCUT2D eigenvalue weighted by molar-refractivity contribution is 5.80. The standard InChI is InChI=1S/C20H17NO2/c22-14-16-6-10-19(11-7-16)21(18-4-2-1-3-5-18)20-12-8-17(15-23)9-13-20/h1-14,23H,15H2. The van der Waals surface area contributed by atoms with Gasteiger partial charge in [-0.1, -0.05) is 30.3 Å². The molecule has 1 N–H and O–H groups in total. The summed E-state index contributed by atoms with van der Waals surface area (Å²) in [5.74, 6) is 0. The lowest BCUT2D eigenvalue weighted by Crippen LogP contribution is -2.09. The van der Waals surface area contributed by atoms with Crippen LogP contribution in [0.3, 0.4) is 0 Å². The molecule has 0 aliphatic rings. The van der Waals surface area contributed by atoms with E-state index in [1.807, 2.05) is 66.7 Å². The zero-order valence-electron chi connectivity index (χ0n) is 12.6. The minimum atomic E-state index is 0.0274. The smallest absolute Gasteiger partial charge is 0.150 e. The van der Waals surface area contributed by atoms with E-state index in [1.165, 1.54) is 0 Å². The van der Waals surface area contributed by atoms with Crippen LogP contribution in [-0.2, 0) is 6.61 Å². The number of anilines is 3. The number of hydrogen-bond donors (Lipinski definition) is 1. The number of benzene rings is 3. The summed E-state index contributed by atoms with van der Waals surface area (Å²) in [6.07, 6.45) is 0.840. The fourth-order valence-electron chi connectivity index (χ4n) is 2.48. The van der Waals surface area contributed by atoms with Gasteiger partial charge >= 0.3 is 0 Å². The molecule has 3 aromatic rings. The number of aliphatic hydroxyl groups excluding tert-OH is 1. The molecule has 3 aromatic carbocycles. The Kier molecular flexibility index (Phi) is 4.50. The summed E-state index contributed by atoms with van der Waals surface area (Å²) in [4.78, 5) is 13.0. The van der Waals surface area contributed by atoms with Gasteiger partial charge in [0.2, 0.25) is 0 Å². The highest BCUT2D eigenvalue weighted by Gasteiger charge is 2.11. The molecule has 23 heavy (non-hydrogen) atoms. The lowest BCUT2D eigenvalue weighted by molar-refractivity contribution is 0.112. The SMILES string of the molecule is O=Cc1ccc(N(c2ccccc2)c2ccc(CO)cc2)cc1. The molecule has 0 aromatic heterocycles. The monoisotopic (exact) mass is 303 g/mol. The number of para-hydroxylation sites is 1. The highest BCUT2D eigenvalue weighted by Crippen LogP contribution is 2.34. The Bertz CT molecular complexity index is 765. The Balaban J connectivity index is 2.07. The molecule has 114 valence electrons. The lowest BCUT2D eigenvalue weighted by atomic mass is 10.1. The Hall–Kier alpha value is -2.91. The quantitative estimate of drug-likeness (QED) is 0.707. The number of carbonyl (C=O) groups is 1. The van der Waals surface area contributed by atoms with Gasteiger partial charge in [-0.25, -0.2) is 0 Å². The molecule has 0 amide bonds. The van der Waals surface area contributed by atoms with Crippen molar-refractivity contribution in [3.05, 3.63) is 90.0 Å². The fourth-order valence-corrected chi connectivity index (χ4v) is 2.48. The van der Waals surface area contributed by atoms with Crippen molar-refractivity contribution in [2.75, 3.05) is 4.90 Å². The molecule has 0 aliphatic carbocycles. The second kappa shape index (κ2) is 6.90. The van der Waals surface area contributed by atoms with Crippen LogP contribution < -0.4 is 4.90 Å². The van der Waals surface area contributed by atoms with Crippen LogP contribution >= 0.6 is 0 Å². The third kappa shape index (κ3) is 3.30. The second-order valence-electron chi connectivity index (χ2n) is 5.20. The molecule has 0 unspecified atom stereocenters. The van der Waals surface area contributed by atoms with Crippen molar-refractivity contribution in [2.24, 2.45) is 0 Å². The van der Waals surface area contributed by atoms with Crippen LogP contribution in [0.15, 0.2) is 78.9 Å². The summed E-state index contributed by atoms with van der Waals surface area (Å²) in [5.41, 5.74) is 4.52. The molecule has 0 spiro atoms. The van der Waals surface area contributed by atoms with Gasteiger partial charge in [-0.2, -0.15) is 0 Å². The van der Waals surface area contributed by atoms with Gasteiger partial charge in [0.15, 0.2) is 0 Å². The zero-order valence-corrected chi connectivity index (χ0v) is 12.6. The first-order valence-corrected chi connectivity index (χ1v) is 7.42. The van der Waals surface area contributed by atoms with Gasteiger partial charge in [0.05, 0.1) is 6.61 Å². The molecule has 0 saturated carbocycles. The van der Waals surface area contributed by atoms with Gasteiger partial charge in [0, 0.05) is 22.6 Å². The largest absolute Gasteiger partial charge is 0.392 e. The normalized spacial score (nSPS) is 10.3. The van der Waals surface area contributed by atoms with E-state index in [4.69, 9.17) is 0 Å². The van der Waals surface area contributed by atoms with E-state index in [0.29, 0.717) is 5.56 Å². The lowest BCUT2D eigenvalue weighted by Gasteiger charge is -2.25. The van der Waals surface area contributed by atoms with Crippen LogP contribution in [-0.4, -0.2) is 11.4 Å². The van der Waals surface area contributed by atoms with E-state index >= 15 is 0 Å². The van der Waals surface area contributed by atoms with Crippen LogP contribution in [0.5, 0.6) is 0 Å². The fraction of sp³-hybridized carbons (Fsp3) is 0.0500. The van der Waals surface area contributed by atoms with Crippen LogP contribution in [0.25, 0.3) is 0 Å². The summed E-state index contributed by atoms with van der Waals surface area (Å²) in [6.45, 7) is 0.0274. The number of aldehydes is 1. The van der Waals surface area contributed by atoms with Crippen molar-refractivity contribution < 1.29 is 9.90 Å². The van der Waals surface area contributed by atoms with Crippen molar-refractivity contribution in [1.29, 1.82) is 0 Å². The topological polar surface area (TPSA) is 40.5 Å². The average Bonchev–Trinajstić information content (AvgIpc) is 2.64. The molecule has 0 heterocycles. The van der Waals surface area contributed by atoms with Crippen LogP contribution in [0.4, 0.5) is 17.1 Å². The molecule has 0 fully saturated rings. The number of carbonyl (C=O) groups excluding carboxylic acids is 1. The summed E-state index contributed by atoms with van der Waals surface area (Å²) >= 11 is 0. The molecule has 3 rings (SSSR count). The predicted octanol–water partition coefficient (Wildman–Crippen LogP) is 4.46. The van der Waals surface area contributed by atoms with Crippen LogP contribution in [0.1, 0.15) is 15.9 Å². The maximum absolute atomic E-state index is 10.9. The summed E-state index contributed by atoms with van der Waals surface area (Å²) in [5, 5.41) is 9.21. The predicted molar refractivity (Wildman–Crippen MR) is 92.4 cm³/mol. The Morgan fingerprint density at radius 3 is 1.78 bits per heavy atom. The molecular formula is C20H17NO2. The molecule has 0 saturated heterocycles. The van der Waals surface area contributed by atoms with E-state index < -0.39 is 0 Å². The van der Waals surface area contributed by atoms with Gasteiger partial charge in [-0.15, -0.1) is 0 Å². The third-order valence-corrected chi connectivity index (χ3v) is 3.68. The van der Waals surface area contributed by atoms with E-state index in [-0.39, 0.29) is 6.61 Å². The van der Waals surface area contributed by atoms with E-state index in [2.05, 4.69) is 4.90 Å². The first-order valence-electron chi connectivity index (χ1n) is 7.42. The summed E-state index contributed by atoms with van der Waals surface area (Å²) < 4.78 is 0. The molecule has 0 aliphatic heterocycles. The van der Waals surface area contributed by atoms with Crippen molar-refractivity contribution in [2.45, 2.75) is 6.61 Å². The second-order valence-corrected chi connectivity index (χ2v) is 5.20. The summed E-state index contributed by atoms with van der Waals surface area (Å²) in [7, 11) is 0. The molecule has 3 heteroatoms. The van der Waals surface area contributed by atoms with Gasteiger partial charge in [-0.3, -0.25) is 4.79 Å². The highest BCUT2D eigenvalue weighted by atomic mass is 16.3. The number of nitrogens with zero attached hydrogens (tertiary/aromatic N) is 1. The number of hydrogen-bond acceptors (Lipinski definition) is 3. The van der Waals surface area contributed by atoms with Crippen molar-refractivity contribution in [3.63, 3.8) is 0 Å². The minimum Gasteiger partial charge on any atom is -0.392 e. The van der Waals surface area contributed by atoms with E-state index in [9.17, 15) is 9.90 Å². The number of rotatable bonds is 5. The maximum Gasteiger partial charge on any atom is 0.150 e. The van der Waals surface area contributed by atoms with Crippen molar-refractivity contribution >= 4 is 23.3 Å². The van der Waals surface area contributed by atoms with Crippen LogP contribution in [0.2, 0.25) is 0 Å². The molecular weight excluding hydrogens is 286 g/mol. The Labute approximate surface area is 135 Å². The van der Waals surface area contributed by atoms with Gasteiger partial charge in [0.25, 0.3) is 0 Å². The third-order valence-electron chi connectivity index (χ3n) is 3.68. The van der Waals surface area contributed by atoms with Gasteiger partial charge in [0.1, 0.15) is 6.29 Å². The average molecular weight is 303 g/mol. The first kappa shape index (κ1) is 15.0. The maximum atomic E-state index is 10.9. The van der Waals surface area contributed by atoms with Gasteiger partial charge in [-0.05, 0) is 54.1 Å². The Morgan fingerprint density at radius 1 is 0.739 bits per heavy atom.